The smallest absolute Gasteiger partial charge is 0.372 e. The minimum Gasteiger partial charge on any atom is -0.493 e. The lowest BCUT2D eigenvalue weighted by atomic mass is 10.1. The van der Waals surface area contributed by atoms with Gasteiger partial charge in [-0.3, -0.25) is 0 Å². The fourth-order valence-corrected chi connectivity index (χ4v) is 3.22. The number of hydrogen-bond acceptors (Lipinski definition) is 4. The van der Waals surface area contributed by atoms with Gasteiger partial charge in [0.1, 0.15) is 11.3 Å². The third kappa shape index (κ3) is 6.98. The molecule has 4 nitrogen and oxygen atoms in total. The van der Waals surface area contributed by atoms with E-state index in [1.165, 1.54) is 38.5 Å². The summed E-state index contributed by atoms with van der Waals surface area (Å²) >= 11 is 0. The van der Waals surface area contributed by atoms with Crippen molar-refractivity contribution < 1.29 is 18.7 Å². The van der Waals surface area contributed by atoms with Crippen molar-refractivity contribution >= 4 is 11.0 Å². The first-order valence-electron chi connectivity index (χ1n) is 10.1. The number of aliphatic hydroxyl groups excluding tert-OH is 1. The van der Waals surface area contributed by atoms with Crippen LogP contribution in [0.3, 0.4) is 0 Å². The molecule has 0 fully saturated rings. The van der Waals surface area contributed by atoms with E-state index in [1.807, 2.05) is 0 Å². The SMILES string of the molecule is Cc1c(F)c(=O)oc2cc(OCCCCCCCCCCCCO)ccc12. The van der Waals surface area contributed by atoms with E-state index < -0.39 is 11.4 Å². The van der Waals surface area contributed by atoms with E-state index in [2.05, 4.69) is 0 Å². The van der Waals surface area contributed by atoms with E-state index in [-0.39, 0.29) is 0 Å². The first kappa shape index (κ1) is 21.4. The Labute approximate surface area is 160 Å². The molecule has 150 valence electrons. The van der Waals surface area contributed by atoms with Crippen molar-refractivity contribution in [2.24, 2.45) is 0 Å². The van der Waals surface area contributed by atoms with Gasteiger partial charge in [0, 0.05) is 23.6 Å². The molecular formula is C22H31FO4. The van der Waals surface area contributed by atoms with Crippen molar-refractivity contribution in [1.82, 2.24) is 0 Å². The van der Waals surface area contributed by atoms with Crippen LogP contribution in [0.15, 0.2) is 27.4 Å². The maximum Gasteiger partial charge on any atom is 0.372 e. The number of fused-ring (bicyclic) bond motifs is 1. The summed E-state index contributed by atoms with van der Waals surface area (Å²) in [6.45, 7) is 2.51. The standard InChI is InChI=1S/C22H31FO4/c1-17-19-13-12-18(16-20(19)27-22(25)21(17)23)26-15-11-9-7-5-3-2-4-6-8-10-14-24/h12-13,16,24H,2-11,14-15H2,1H3. The summed E-state index contributed by atoms with van der Waals surface area (Å²) in [5.74, 6) is -0.194. The number of aryl methyl sites for hydroxylation is 1. The van der Waals surface area contributed by atoms with Gasteiger partial charge in [0.05, 0.1) is 6.61 Å². The maximum atomic E-state index is 13.6. The zero-order chi connectivity index (χ0) is 19.5. The number of ether oxygens (including phenoxy) is 1. The third-order valence-corrected chi connectivity index (χ3v) is 4.89. The van der Waals surface area contributed by atoms with Crippen LogP contribution in [0.2, 0.25) is 0 Å². The van der Waals surface area contributed by atoms with Crippen LogP contribution >= 0.6 is 0 Å². The van der Waals surface area contributed by atoms with Crippen molar-refractivity contribution in [3.63, 3.8) is 0 Å². The maximum absolute atomic E-state index is 13.6. The molecule has 0 radical (unpaired) electrons. The van der Waals surface area contributed by atoms with E-state index in [1.54, 1.807) is 25.1 Å². The molecule has 0 unspecified atom stereocenters. The molecule has 0 aliphatic carbocycles. The normalized spacial score (nSPS) is 11.2. The van der Waals surface area contributed by atoms with Gasteiger partial charge in [0.15, 0.2) is 0 Å². The molecule has 2 aromatic rings. The molecule has 1 aromatic heterocycles. The quantitative estimate of drug-likeness (QED) is 0.369. The second-order valence-corrected chi connectivity index (χ2v) is 7.09. The van der Waals surface area contributed by atoms with Gasteiger partial charge in [-0.1, -0.05) is 51.4 Å². The van der Waals surface area contributed by atoms with E-state index in [0.29, 0.717) is 35.5 Å². The van der Waals surface area contributed by atoms with Crippen LogP contribution in [0.1, 0.15) is 69.8 Å². The summed E-state index contributed by atoms with van der Waals surface area (Å²) in [6, 6.07) is 5.16. The van der Waals surface area contributed by atoms with Gasteiger partial charge in [-0.15, -0.1) is 0 Å². The van der Waals surface area contributed by atoms with Crippen molar-refractivity contribution in [1.29, 1.82) is 0 Å². The summed E-state index contributed by atoms with van der Waals surface area (Å²) in [5.41, 5.74) is -0.276. The average molecular weight is 378 g/mol. The average Bonchev–Trinajstić information content (AvgIpc) is 2.67. The fraction of sp³-hybridized carbons (Fsp3) is 0.591. The van der Waals surface area contributed by atoms with Gasteiger partial charge in [-0.05, 0) is 31.9 Å². The number of rotatable bonds is 13. The fourth-order valence-electron chi connectivity index (χ4n) is 3.22. The summed E-state index contributed by atoms with van der Waals surface area (Å²) in [4.78, 5) is 11.4. The van der Waals surface area contributed by atoms with Crippen LogP contribution < -0.4 is 10.4 Å². The van der Waals surface area contributed by atoms with E-state index in [9.17, 15) is 9.18 Å². The minimum absolute atomic E-state index is 0.307. The Hall–Kier alpha value is -1.88. The molecule has 0 saturated heterocycles. The minimum atomic E-state index is -0.939. The zero-order valence-electron chi connectivity index (χ0n) is 16.3. The Kier molecular flexibility index (Phi) is 9.32. The van der Waals surface area contributed by atoms with Crippen LogP contribution in [-0.2, 0) is 0 Å². The van der Waals surface area contributed by atoms with Gasteiger partial charge in [0.2, 0.25) is 5.82 Å². The van der Waals surface area contributed by atoms with Crippen molar-refractivity contribution in [3.8, 4) is 5.75 Å². The number of benzene rings is 1. The number of aliphatic hydroxyl groups is 1. The Balaban J connectivity index is 1.61. The highest BCUT2D eigenvalue weighted by atomic mass is 19.1. The van der Waals surface area contributed by atoms with Crippen molar-refractivity contribution in [2.45, 2.75) is 71.1 Å². The lowest BCUT2D eigenvalue weighted by molar-refractivity contribution is 0.282. The summed E-state index contributed by atoms with van der Waals surface area (Å²) < 4.78 is 24.3. The Morgan fingerprint density at radius 1 is 0.963 bits per heavy atom. The Bertz CT molecular complexity index is 754. The van der Waals surface area contributed by atoms with Gasteiger partial charge in [-0.25, -0.2) is 4.79 Å². The molecule has 0 aliphatic rings. The van der Waals surface area contributed by atoms with Crippen LogP contribution in [-0.4, -0.2) is 18.3 Å². The van der Waals surface area contributed by atoms with Gasteiger partial charge in [-0.2, -0.15) is 4.39 Å². The molecule has 0 atom stereocenters. The molecule has 0 aliphatic heterocycles. The van der Waals surface area contributed by atoms with Gasteiger partial charge in [0.25, 0.3) is 0 Å². The van der Waals surface area contributed by atoms with E-state index >= 15 is 0 Å². The van der Waals surface area contributed by atoms with Crippen molar-refractivity contribution in [3.05, 3.63) is 40.0 Å². The number of hydrogen-bond donors (Lipinski definition) is 1. The van der Waals surface area contributed by atoms with Crippen molar-refractivity contribution in [2.75, 3.05) is 13.2 Å². The first-order chi connectivity index (χ1) is 13.1. The molecule has 0 amide bonds. The van der Waals surface area contributed by atoms with Gasteiger partial charge < -0.3 is 14.3 Å². The Morgan fingerprint density at radius 3 is 2.19 bits per heavy atom. The number of unbranched alkanes of at least 4 members (excludes halogenated alkanes) is 9. The molecule has 0 spiro atoms. The van der Waals surface area contributed by atoms with Gasteiger partial charge >= 0.3 is 5.63 Å². The highest BCUT2D eigenvalue weighted by Gasteiger charge is 2.11. The summed E-state index contributed by atoms with van der Waals surface area (Å²) in [6.07, 6.45) is 11.7. The molecule has 27 heavy (non-hydrogen) atoms. The molecule has 1 aromatic carbocycles. The lowest BCUT2D eigenvalue weighted by Crippen LogP contribution is -2.07. The van der Waals surface area contributed by atoms with Crippen LogP contribution in [0.5, 0.6) is 5.75 Å². The predicted molar refractivity (Wildman–Crippen MR) is 106 cm³/mol. The van der Waals surface area contributed by atoms with E-state index in [0.717, 1.165) is 25.7 Å². The first-order valence-corrected chi connectivity index (χ1v) is 10.1. The molecule has 2 rings (SSSR count). The topological polar surface area (TPSA) is 59.7 Å². The lowest BCUT2D eigenvalue weighted by Gasteiger charge is -2.08. The van der Waals surface area contributed by atoms with E-state index in [4.69, 9.17) is 14.3 Å². The molecule has 1 heterocycles. The third-order valence-electron chi connectivity index (χ3n) is 4.89. The summed E-state index contributed by atoms with van der Waals surface area (Å²) in [7, 11) is 0. The molecule has 5 heteroatoms. The van der Waals surface area contributed by atoms with Crippen LogP contribution in [0, 0.1) is 12.7 Å². The molecule has 1 N–H and O–H groups in total. The monoisotopic (exact) mass is 378 g/mol. The van der Waals surface area contributed by atoms with Crippen LogP contribution in [0.25, 0.3) is 11.0 Å². The molecule has 0 bridgehead atoms. The second-order valence-electron chi connectivity index (χ2n) is 7.09. The Morgan fingerprint density at radius 2 is 1.56 bits per heavy atom. The van der Waals surface area contributed by atoms with Crippen LogP contribution in [0.4, 0.5) is 4.39 Å². The largest absolute Gasteiger partial charge is 0.493 e. The highest BCUT2D eigenvalue weighted by Crippen LogP contribution is 2.23. The predicted octanol–water partition coefficient (Wildman–Crippen LogP) is 5.51. The zero-order valence-corrected chi connectivity index (χ0v) is 16.3. The highest BCUT2D eigenvalue weighted by molar-refractivity contribution is 5.81. The second kappa shape index (κ2) is 11.8. The number of halogens is 1. The molecular weight excluding hydrogens is 347 g/mol. The molecule has 0 saturated carbocycles. The summed E-state index contributed by atoms with van der Waals surface area (Å²) in [5, 5.41) is 9.31.